The van der Waals surface area contributed by atoms with Gasteiger partial charge in [-0.05, 0) is 33.6 Å². The minimum Gasteiger partial charge on any atom is -0.480 e. The van der Waals surface area contributed by atoms with Crippen molar-refractivity contribution in [3.63, 3.8) is 0 Å². The van der Waals surface area contributed by atoms with E-state index in [4.69, 9.17) is 9.84 Å². The average molecular weight is 302 g/mol. The first kappa shape index (κ1) is 19.2. The van der Waals surface area contributed by atoms with Crippen LogP contribution in [0.4, 0.5) is 4.79 Å². The number of carboxylic acids is 1. The summed E-state index contributed by atoms with van der Waals surface area (Å²) in [7, 11) is 1.43. The molecule has 0 saturated carbocycles. The fourth-order valence-electron chi connectivity index (χ4n) is 1.46. The maximum absolute atomic E-state index is 12.0. The zero-order valence-corrected chi connectivity index (χ0v) is 13.8. The van der Waals surface area contributed by atoms with Crippen LogP contribution >= 0.6 is 0 Å². The molecule has 0 aromatic heterocycles. The molecule has 7 nitrogen and oxygen atoms in total. The summed E-state index contributed by atoms with van der Waals surface area (Å²) in [6.07, 6.45) is -0.637. The maximum atomic E-state index is 12.0. The summed E-state index contributed by atoms with van der Waals surface area (Å²) < 4.78 is 5.16. The Kier molecular flexibility index (Phi) is 6.66. The smallest absolute Gasteiger partial charge is 0.410 e. The monoisotopic (exact) mass is 302 g/mol. The van der Waals surface area contributed by atoms with Crippen LogP contribution in [0.15, 0.2) is 0 Å². The number of nitrogens with one attached hydrogen (secondary N) is 1. The number of aliphatic carboxylic acids is 1. The molecule has 7 heteroatoms. The van der Waals surface area contributed by atoms with Crippen LogP contribution in [0.3, 0.4) is 0 Å². The molecule has 0 saturated heterocycles. The van der Waals surface area contributed by atoms with Crippen LogP contribution in [-0.2, 0) is 14.3 Å². The summed E-state index contributed by atoms with van der Waals surface area (Å²) in [4.78, 5) is 36.1. The molecule has 0 aliphatic rings. The van der Waals surface area contributed by atoms with Gasteiger partial charge in [0, 0.05) is 7.05 Å². The van der Waals surface area contributed by atoms with Crippen molar-refractivity contribution < 1.29 is 24.2 Å². The zero-order chi connectivity index (χ0) is 17.0. The topological polar surface area (TPSA) is 95.9 Å². The predicted molar refractivity (Wildman–Crippen MR) is 77.9 cm³/mol. The quantitative estimate of drug-likeness (QED) is 0.801. The third-order valence-corrected chi connectivity index (χ3v) is 2.87. The predicted octanol–water partition coefficient (Wildman–Crippen LogP) is 1.47. The lowest BCUT2D eigenvalue weighted by Crippen LogP contribution is -2.53. The van der Waals surface area contributed by atoms with E-state index in [2.05, 4.69) is 5.32 Å². The second kappa shape index (κ2) is 7.28. The van der Waals surface area contributed by atoms with Gasteiger partial charge in [-0.15, -0.1) is 0 Å². The molecule has 0 heterocycles. The van der Waals surface area contributed by atoms with Crippen LogP contribution in [0, 0.1) is 5.92 Å². The Morgan fingerprint density at radius 3 is 1.95 bits per heavy atom. The van der Waals surface area contributed by atoms with Crippen molar-refractivity contribution in [3.8, 4) is 0 Å². The normalized spacial score (nSPS) is 14.3. The molecule has 21 heavy (non-hydrogen) atoms. The Balaban J connectivity index is 4.77. The first-order chi connectivity index (χ1) is 9.36. The van der Waals surface area contributed by atoms with Gasteiger partial charge in [0.15, 0.2) is 0 Å². The highest BCUT2D eigenvalue weighted by molar-refractivity contribution is 5.89. The van der Waals surface area contributed by atoms with E-state index in [1.165, 1.54) is 14.0 Å². The Labute approximate surface area is 125 Å². The lowest BCUT2D eigenvalue weighted by atomic mass is 10.0. The molecule has 0 aliphatic heterocycles. The number of hydrogen-bond donors (Lipinski definition) is 2. The number of rotatable bonds is 5. The van der Waals surface area contributed by atoms with E-state index in [1.54, 1.807) is 34.6 Å². The van der Waals surface area contributed by atoms with E-state index in [0.717, 1.165) is 4.90 Å². The average Bonchev–Trinajstić information content (AvgIpc) is 2.30. The minimum absolute atomic E-state index is 0.259. The molecule has 0 radical (unpaired) electrons. The van der Waals surface area contributed by atoms with E-state index < -0.39 is 35.7 Å². The summed E-state index contributed by atoms with van der Waals surface area (Å²) in [5.41, 5.74) is -0.664. The molecule has 0 bridgehead atoms. The molecule has 122 valence electrons. The van der Waals surface area contributed by atoms with Crippen molar-refractivity contribution in [1.29, 1.82) is 0 Å². The van der Waals surface area contributed by atoms with Gasteiger partial charge in [-0.2, -0.15) is 0 Å². The molecular weight excluding hydrogens is 276 g/mol. The lowest BCUT2D eigenvalue weighted by molar-refractivity contribution is -0.143. The van der Waals surface area contributed by atoms with Crippen molar-refractivity contribution >= 4 is 18.0 Å². The number of amides is 2. The number of carboxylic acid groups (broad SMARTS) is 1. The van der Waals surface area contributed by atoms with E-state index in [1.807, 2.05) is 0 Å². The Morgan fingerprint density at radius 1 is 1.14 bits per heavy atom. The number of carbonyl (C=O) groups excluding carboxylic acids is 2. The van der Waals surface area contributed by atoms with Gasteiger partial charge in [0.25, 0.3) is 0 Å². The molecule has 0 rings (SSSR count). The van der Waals surface area contributed by atoms with Crippen LogP contribution in [0.5, 0.6) is 0 Å². The molecule has 2 atom stereocenters. The van der Waals surface area contributed by atoms with Crippen molar-refractivity contribution in [2.24, 2.45) is 5.92 Å². The van der Waals surface area contributed by atoms with Crippen LogP contribution in [0.2, 0.25) is 0 Å². The summed E-state index contributed by atoms with van der Waals surface area (Å²) in [6.45, 7) is 10.1. The van der Waals surface area contributed by atoms with Crippen LogP contribution in [-0.4, -0.2) is 52.7 Å². The number of nitrogens with zero attached hydrogens (tertiary/aromatic N) is 1. The van der Waals surface area contributed by atoms with E-state index in [0.29, 0.717) is 0 Å². The second-order valence-electron chi connectivity index (χ2n) is 6.34. The van der Waals surface area contributed by atoms with E-state index in [9.17, 15) is 14.4 Å². The summed E-state index contributed by atoms with van der Waals surface area (Å²) in [5.74, 6) is -1.90. The van der Waals surface area contributed by atoms with Crippen molar-refractivity contribution in [1.82, 2.24) is 10.2 Å². The Hall–Kier alpha value is -1.79. The van der Waals surface area contributed by atoms with Crippen LogP contribution in [0.25, 0.3) is 0 Å². The lowest BCUT2D eigenvalue weighted by Gasteiger charge is -2.29. The van der Waals surface area contributed by atoms with Gasteiger partial charge in [0.05, 0.1) is 0 Å². The Morgan fingerprint density at radius 2 is 1.62 bits per heavy atom. The van der Waals surface area contributed by atoms with Gasteiger partial charge >= 0.3 is 12.1 Å². The number of hydrogen-bond acceptors (Lipinski definition) is 4. The molecule has 0 aliphatic carbocycles. The minimum atomic E-state index is -1.11. The van der Waals surface area contributed by atoms with Gasteiger partial charge in [0.2, 0.25) is 5.91 Å². The van der Waals surface area contributed by atoms with Crippen molar-refractivity contribution in [2.75, 3.05) is 7.05 Å². The molecule has 0 fully saturated rings. The molecule has 2 amide bonds. The largest absolute Gasteiger partial charge is 0.480 e. The third-order valence-electron chi connectivity index (χ3n) is 2.87. The standard InChI is InChI=1S/C14H26N2O5/c1-8(2)10(12(18)19)15-11(17)9(3)16(7)13(20)21-14(4,5)6/h8-10H,1-7H3,(H,15,17)(H,18,19)/t9-,10+/m1/s1. The van der Waals surface area contributed by atoms with Gasteiger partial charge in [0.1, 0.15) is 17.7 Å². The van der Waals surface area contributed by atoms with Gasteiger partial charge in [-0.1, -0.05) is 13.8 Å². The third kappa shape index (κ3) is 6.46. The van der Waals surface area contributed by atoms with Crippen molar-refractivity contribution in [2.45, 2.75) is 59.2 Å². The summed E-state index contributed by atoms with van der Waals surface area (Å²) in [6, 6.07) is -1.83. The molecule has 0 aromatic rings. The summed E-state index contributed by atoms with van der Waals surface area (Å²) in [5, 5.41) is 11.5. The fourth-order valence-corrected chi connectivity index (χ4v) is 1.46. The fraction of sp³-hybridized carbons (Fsp3) is 0.786. The SMILES string of the molecule is CC(C)[C@H](NC(=O)[C@@H](C)N(C)C(=O)OC(C)(C)C)C(=O)O. The number of ether oxygens (including phenoxy) is 1. The molecule has 2 N–H and O–H groups in total. The summed E-state index contributed by atoms with van der Waals surface area (Å²) >= 11 is 0. The number of likely N-dealkylation sites (N-methyl/N-ethyl adjacent to an activating group) is 1. The van der Waals surface area contributed by atoms with Crippen molar-refractivity contribution in [3.05, 3.63) is 0 Å². The highest BCUT2D eigenvalue weighted by Crippen LogP contribution is 2.11. The highest BCUT2D eigenvalue weighted by Gasteiger charge is 2.30. The van der Waals surface area contributed by atoms with Crippen LogP contribution < -0.4 is 5.32 Å². The molecule has 0 unspecified atom stereocenters. The number of carbonyl (C=O) groups is 3. The molecule has 0 aromatic carbocycles. The first-order valence-corrected chi connectivity index (χ1v) is 6.85. The van der Waals surface area contributed by atoms with Crippen LogP contribution in [0.1, 0.15) is 41.5 Å². The molecule has 0 spiro atoms. The maximum Gasteiger partial charge on any atom is 0.410 e. The Bertz CT molecular complexity index is 401. The van der Waals surface area contributed by atoms with Gasteiger partial charge in [-0.3, -0.25) is 9.69 Å². The molecular formula is C14H26N2O5. The van der Waals surface area contributed by atoms with Gasteiger partial charge in [-0.25, -0.2) is 9.59 Å². The highest BCUT2D eigenvalue weighted by atomic mass is 16.6. The first-order valence-electron chi connectivity index (χ1n) is 6.85. The second-order valence-corrected chi connectivity index (χ2v) is 6.34. The van der Waals surface area contributed by atoms with E-state index in [-0.39, 0.29) is 5.92 Å². The van der Waals surface area contributed by atoms with Gasteiger partial charge < -0.3 is 15.2 Å². The van der Waals surface area contributed by atoms with E-state index >= 15 is 0 Å². The zero-order valence-electron chi connectivity index (χ0n) is 13.8.